The summed E-state index contributed by atoms with van der Waals surface area (Å²) in [6.07, 6.45) is 1.57. The number of carbonyl (C=O) groups is 1. The molecular weight excluding hydrogens is 257 g/mol. The summed E-state index contributed by atoms with van der Waals surface area (Å²) in [5.74, 6) is -0.549. The molecule has 0 amide bonds. The molecule has 1 aliphatic rings. The highest BCUT2D eigenvalue weighted by Gasteiger charge is 2.23. The van der Waals surface area contributed by atoms with Crippen LogP contribution < -0.4 is 0 Å². The summed E-state index contributed by atoms with van der Waals surface area (Å²) < 4.78 is 17.9. The van der Waals surface area contributed by atoms with Gasteiger partial charge >= 0.3 is 5.97 Å². The lowest BCUT2D eigenvalue weighted by Crippen LogP contribution is -2.04. The highest BCUT2D eigenvalue weighted by atomic mass is 19.1. The number of carbonyl (C=O) groups excluding carboxylic acids is 1. The number of esters is 1. The normalized spacial score (nSPS) is 16.1. The zero-order valence-electron chi connectivity index (χ0n) is 10.4. The lowest BCUT2D eigenvalue weighted by atomic mass is 10.2. The molecule has 0 aromatic heterocycles. The van der Waals surface area contributed by atoms with Crippen molar-refractivity contribution < 1.29 is 13.9 Å². The van der Waals surface area contributed by atoms with Gasteiger partial charge in [0.05, 0.1) is 0 Å². The van der Waals surface area contributed by atoms with Crippen molar-refractivity contribution in [2.75, 3.05) is 0 Å². The minimum Gasteiger partial charge on any atom is -0.402 e. The van der Waals surface area contributed by atoms with Crippen molar-refractivity contribution in [1.29, 1.82) is 0 Å². The third-order valence-corrected chi connectivity index (χ3v) is 2.81. The molecular formula is C16H10FNO2. The van der Waals surface area contributed by atoms with Crippen molar-refractivity contribution in [3.05, 3.63) is 77.2 Å². The second-order valence-electron chi connectivity index (χ2n) is 4.25. The average Bonchev–Trinajstić information content (AvgIpc) is 2.84. The van der Waals surface area contributed by atoms with Gasteiger partial charge in [-0.25, -0.2) is 14.2 Å². The maximum atomic E-state index is 12.8. The Labute approximate surface area is 115 Å². The zero-order chi connectivity index (χ0) is 13.9. The second kappa shape index (κ2) is 5.09. The molecule has 3 nitrogen and oxygen atoms in total. The van der Waals surface area contributed by atoms with Gasteiger partial charge in [0.25, 0.3) is 0 Å². The fraction of sp³-hybridized carbons (Fsp3) is 0. The predicted molar refractivity (Wildman–Crippen MR) is 73.4 cm³/mol. The van der Waals surface area contributed by atoms with Gasteiger partial charge in [-0.15, -0.1) is 0 Å². The maximum absolute atomic E-state index is 12.8. The highest BCUT2D eigenvalue weighted by molar-refractivity contribution is 6.12. The largest absolute Gasteiger partial charge is 0.402 e. The maximum Gasteiger partial charge on any atom is 0.363 e. The van der Waals surface area contributed by atoms with Crippen LogP contribution in [0.3, 0.4) is 0 Å². The summed E-state index contributed by atoms with van der Waals surface area (Å²) in [6, 6.07) is 15.0. The molecule has 0 aliphatic carbocycles. The zero-order valence-corrected chi connectivity index (χ0v) is 10.4. The van der Waals surface area contributed by atoms with Crippen LogP contribution in [0.5, 0.6) is 0 Å². The third-order valence-electron chi connectivity index (χ3n) is 2.81. The molecule has 20 heavy (non-hydrogen) atoms. The number of hydrogen-bond acceptors (Lipinski definition) is 3. The van der Waals surface area contributed by atoms with E-state index in [4.69, 9.17) is 4.74 Å². The molecule has 0 bridgehead atoms. The summed E-state index contributed by atoms with van der Waals surface area (Å²) in [5, 5.41) is 0. The van der Waals surface area contributed by atoms with Crippen molar-refractivity contribution in [2.45, 2.75) is 0 Å². The first-order valence-corrected chi connectivity index (χ1v) is 6.06. The fourth-order valence-electron chi connectivity index (χ4n) is 1.83. The van der Waals surface area contributed by atoms with Crippen LogP contribution in [-0.2, 0) is 9.53 Å². The van der Waals surface area contributed by atoms with E-state index in [1.165, 1.54) is 12.1 Å². The van der Waals surface area contributed by atoms with Crippen LogP contribution in [0, 0.1) is 5.82 Å². The Hall–Kier alpha value is -2.75. The van der Waals surface area contributed by atoms with Crippen LogP contribution in [0.4, 0.5) is 4.39 Å². The minimum atomic E-state index is -0.506. The van der Waals surface area contributed by atoms with E-state index in [0.717, 1.165) is 5.56 Å². The Balaban J connectivity index is 1.92. The Kier molecular flexibility index (Phi) is 3.13. The lowest BCUT2D eigenvalue weighted by molar-refractivity contribution is -0.129. The Bertz CT molecular complexity index is 703. The first-order chi connectivity index (χ1) is 9.72. The third kappa shape index (κ3) is 2.49. The van der Waals surface area contributed by atoms with E-state index in [-0.39, 0.29) is 17.4 Å². The molecule has 0 saturated heterocycles. The van der Waals surface area contributed by atoms with E-state index >= 15 is 0 Å². The summed E-state index contributed by atoms with van der Waals surface area (Å²) in [7, 11) is 0. The predicted octanol–water partition coefficient (Wildman–Crippen LogP) is 3.17. The molecule has 0 N–H and O–H groups in total. The summed E-state index contributed by atoms with van der Waals surface area (Å²) in [4.78, 5) is 15.9. The van der Waals surface area contributed by atoms with Gasteiger partial charge in [0.1, 0.15) is 5.82 Å². The molecule has 0 radical (unpaired) electrons. The Morgan fingerprint density at radius 3 is 2.40 bits per heavy atom. The second-order valence-corrected chi connectivity index (χ2v) is 4.25. The van der Waals surface area contributed by atoms with Crippen molar-refractivity contribution in [3.63, 3.8) is 0 Å². The summed E-state index contributed by atoms with van der Waals surface area (Å²) in [6.45, 7) is 0. The molecule has 2 aromatic rings. The molecule has 98 valence electrons. The Morgan fingerprint density at radius 1 is 1.00 bits per heavy atom. The number of cyclic esters (lactones) is 1. The number of rotatable bonds is 2. The average molecular weight is 267 g/mol. The van der Waals surface area contributed by atoms with Crippen molar-refractivity contribution >= 4 is 17.9 Å². The lowest BCUT2D eigenvalue weighted by Gasteiger charge is -1.97. The van der Waals surface area contributed by atoms with E-state index in [9.17, 15) is 9.18 Å². The van der Waals surface area contributed by atoms with Gasteiger partial charge in [-0.05, 0) is 35.9 Å². The van der Waals surface area contributed by atoms with Gasteiger partial charge in [-0.1, -0.05) is 30.3 Å². The topological polar surface area (TPSA) is 38.7 Å². The van der Waals surface area contributed by atoms with Gasteiger partial charge in [0.2, 0.25) is 5.90 Å². The van der Waals surface area contributed by atoms with Crippen molar-refractivity contribution in [2.24, 2.45) is 4.99 Å². The van der Waals surface area contributed by atoms with Crippen molar-refractivity contribution in [1.82, 2.24) is 0 Å². The quantitative estimate of drug-likeness (QED) is 0.619. The molecule has 1 aliphatic heterocycles. The monoisotopic (exact) mass is 267 g/mol. The number of halogens is 1. The Morgan fingerprint density at radius 2 is 1.70 bits per heavy atom. The van der Waals surface area contributed by atoms with Gasteiger partial charge in [0.15, 0.2) is 5.70 Å². The SMILES string of the molecule is O=C1OC(c2ccccc2)=NC1=Cc1ccc(F)cc1. The number of aliphatic imine (C=N–C) groups is 1. The first kappa shape index (κ1) is 12.3. The number of nitrogens with zero attached hydrogens (tertiary/aromatic N) is 1. The molecule has 0 fully saturated rings. The van der Waals surface area contributed by atoms with Crippen LogP contribution in [0.1, 0.15) is 11.1 Å². The fourth-order valence-corrected chi connectivity index (χ4v) is 1.83. The van der Waals surface area contributed by atoms with E-state index < -0.39 is 5.97 Å². The number of ether oxygens (including phenoxy) is 1. The standard InChI is InChI=1S/C16H10FNO2/c17-13-8-6-11(7-9-13)10-14-16(19)20-15(18-14)12-4-2-1-3-5-12/h1-10H. The minimum absolute atomic E-state index is 0.204. The van der Waals surface area contributed by atoms with Crippen LogP contribution in [-0.4, -0.2) is 11.9 Å². The molecule has 4 heteroatoms. The van der Waals surface area contributed by atoms with Gasteiger partial charge in [0, 0.05) is 5.56 Å². The van der Waals surface area contributed by atoms with E-state index in [1.54, 1.807) is 18.2 Å². The van der Waals surface area contributed by atoms with E-state index in [1.807, 2.05) is 30.3 Å². The van der Waals surface area contributed by atoms with Gasteiger partial charge < -0.3 is 4.74 Å². The van der Waals surface area contributed by atoms with E-state index in [2.05, 4.69) is 4.99 Å². The van der Waals surface area contributed by atoms with E-state index in [0.29, 0.717) is 5.56 Å². The molecule has 0 atom stereocenters. The summed E-state index contributed by atoms with van der Waals surface area (Å²) in [5.41, 5.74) is 1.63. The molecule has 1 heterocycles. The number of benzene rings is 2. The molecule has 2 aromatic carbocycles. The molecule has 0 spiro atoms. The smallest absolute Gasteiger partial charge is 0.363 e. The number of hydrogen-bond donors (Lipinski definition) is 0. The molecule has 0 saturated carbocycles. The molecule has 3 rings (SSSR count). The van der Waals surface area contributed by atoms with Gasteiger partial charge in [-0.3, -0.25) is 0 Å². The van der Waals surface area contributed by atoms with Crippen LogP contribution in [0.15, 0.2) is 65.3 Å². The van der Waals surface area contributed by atoms with Gasteiger partial charge in [-0.2, -0.15) is 0 Å². The first-order valence-electron chi connectivity index (χ1n) is 6.06. The van der Waals surface area contributed by atoms with Crippen molar-refractivity contribution in [3.8, 4) is 0 Å². The van der Waals surface area contributed by atoms with Crippen LogP contribution in [0.25, 0.3) is 6.08 Å². The highest BCUT2D eigenvalue weighted by Crippen LogP contribution is 2.19. The van der Waals surface area contributed by atoms with Crippen LogP contribution in [0.2, 0.25) is 0 Å². The summed E-state index contributed by atoms with van der Waals surface area (Å²) >= 11 is 0. The van der Waals surface area contributed by atoms with Crippen LogP contribution >= 0.6 is 0 Å². The molecule has 0 unspecified atom stereocenters.